The molecule has 0 saturated carbocycles. The summed E-state index contributed by atoms with van der Waals surface area (Å²) in [7, 11) is 0. The Kier molecular flexibility index (Phi) is 4.98. The maximum absolute atomic E-state index is 10.4. The lowest BCUT2D eigenvalue weighted by atomic mass is 10.1. The Morgan fingerprint density at radius 2 is 2.03 bits per heavy atom. The molecule has 0 unspecified atom stereocenters. The fourth-order valence-corrected chi connectivity index (χ4v) is 3.10. The molecule has 3 heterocycles. The second-order valence-corrected chi connectivity index (χ2v) is 6.39. The van der Waals surface area contributed by atoms with E-state index in [1.165, 1.54) is 23.2 Å². The monoisotopic (exact) mass is 401 g/mol. The highest BCUT2D eigenvalue weighted by atomic mass is 16.6. The molecule has 4 atom stereocenters. The number of nitrogen functional groups attached to an aromatic ring is 1. The molecule has 0 radical (unpaired) electrons. The number of aliphatic hydroxyl groups is 3. The Hall–Kier alpha value is -3.32. The summed E-state index contributed by atoms with van der Waals surface area (Å²) in [4.78, 5) is 12.3. The SMILES string of the molecule is Nc1ncnc2c1nc(NN=Cc1ccccc1O)n2[C@@H]1O[C@@H](CO)[C@@H](O)[C@@H]1O. The average Bonchev–Trinajstić information content (AvgIpc) is 3.22. The third kappa shape index (κ3) is 3.34. The second-order valence-electron chi connectivity index (χ2n) is 6.39. The van der Waals surface area contributed by atoms with E-state index in [0.717, 1.165) is 0 Å². The Labute approximate surface area is 163 Å². The van der Waals surface area contributed by atoms with Crippen molar-refractivity contribution in [1.29, 1.82) is 0 Å². The Bertz CT molecular complexity index is 1060. The van der Waals surface area contributed by atoms with Gasteiger partial charge in [0.05, 0.1) is 12.8 Å². The van der Waals surface area contributed by atoms with E-state index >= 15 is 0 Å². The summed E-state index contributed by atoms with van der Waals surface area (Å²) in [6.45, 7) is -0.479. The van der Waals surface area contributed by atoms with Gasteiger partial charge in [-0.15, -0.1) is 0 Å². The molecule has 1 aliphatic rings. The quantitative estimate of drug-likeness (QED) is 0.233. The molecule has 0 amide bonds. The Balaban J connectivity index is 1.73. The number of hydrogen-bond donors (Lipinski definition) is 6. The number of nitrogens with one attached hydrogen (secondary N) is 1. The molecule has 12 nitrogen and oxygen atoms in total. The lowest BCUT2D eigenvalue weighted by Gasteiger charge is -2.18. The fraction of sp³-hybridized carbons (Fsp3) is 0.294. The van der Waals surface area contributed by atoms with E-state index in [-0.39, 0.29) is 28.7 Å². The van der Waals surface area contributed by atoms with E-state index in [4.69, 9.17) is 10.5 Å². The van der Waals surface area contributed by atoms with Gasteiger partial charge in [-0.1, -0.05) is 12.1 Å². The maximum atomic E-state index is 10.4. The second kappa shape index (κ2) is 7.60. The van der Waals surface area contributed by atoms with Crippen LogP contribution in [0.1, 0.15) is 11.8 Å². The molecular formula is C17H19N7O5. The first-order valence-electron chi connectivity index (χ1n) is 8.69. The maximum Gasteiger partial charge on any atom is 0.228 e. The number of anilines is 2. The van der Waals surface area contributed by atoms with Crippen molar-refractivity contribution in [2.45, 2.75) is 24.5 Å². The van der Waals surface area contributed by atoms with Crippen molar-refractivity contribution in [3.8, 4) is 5.75 Å². The number of nitrogens with zero attached hydrogens (tertiary/aromatic N) is 5. The summed E-state index contributed by atoms with van der Waals surface area (Å²) in [5.41, 5.74) is 9.53. The van der Waals surface area contributed by atoms with Crippen LogP contribution in [0.15, 0.2) is 35.7 Å². The molecule has 29 heavy (non-hydrogen) atoms. The molecule has 12 heteroatoms. The summed E-state index contributed by atoms with van der Waals surface area (Å²) in [5.74, 6) is 0.257. The van der Waals surface area contributed by atoms with Crippen molar-refractivity contribution < 1.29 is 25.2 Å². The first-order valence-corrected chi connectivity index (χ1v) is 8.69. The van der Waals surface area contributed by atoms with Crippen LogP contribution in [0, 0.1) is 0 Å². The number of imidazole rings is 1. The van der Waals surface area contributed by atoms with Crippen LogP contribution in [0.4, 0.5) is 11.8 Å². The number of benzene rings is 1. The van der Waals surface area contributed by atoms with E-state index in [0.29, 0.717) is 5.56 Å². The minimum atomic E-state index is -1.36. The number of phenolic OH excluding ortho intramolecular Hbond substituents is 1. The zero-order valence-electron chi connectivity index (χ0n) is 15.0. The zero-order chi connectivity index (χ0) is 20.5. The summed E-state index contributed by atoms with van der Waals surface area (Å²) in [6.07, 6.45) is -2.14. The molecule has 4 rings (SSSR count). The molecule has 1 saturated heterocycles. The van der Waals surface area contributed by atoms with Crippen LogP contribution >= 0.6 is 0 Å². The highest BCUT2D eigenvalue weighted by Gasteiger charge is 2.45. The van der Waals surface area contributed by atoms with Crippen LogP contribution in [0.25, 0.3) is 11.2 Å². The van der Waals surface area contributed by atoms with Gasteiger partial charge in [-0.2, -0.15) is 5.10 Å². The zero-order valence-corrected chi connectivity index (χ0v) is 15.0. The van der Waals surface area contributed by atoms with Crippen LogP contribution in [0.2, 0.25) is 0 Å². The molecule has 1 aromatic carbocycles. The van der Waals surface area contributed by atoms with Crippen molar-refractivity contribution in [1.82, 2.24) is 19.5 Å². The van der Waals surface area contributed by atoms with Gasteiger partial charge in [0.15, 0.2) is 23.2 Å². The number of aliphatic hydroxyl groups excluding tert-OH is 3. The Morgan fingerprint density at radius 1 is 1.24 bits per heavy atom. The van der Waals surface area contributed by atoms with Crippen LogP contribution in [-0.4, -0.2) is 71.1 Å². The summed E-state index contributed by atoms with van der Waals surface area (Å²) >= 11 is 0. The first kappa shape index (κ1) is 19.0. The van der Waals surface area contributed by atoms with Crippen LogP contribution < -0.4 is 11.2 Å². The number of hydrazone groups is 1. The lowest BCUT2D eigenvalue weighted by molar-refractivity contribution is -0.0501. The van der Waals surface area contributed by atoms with E-state index in [1.54, 1.807) is 18.2 Å². The first-order chi connectivity index (χ1) is 14.0. The molecule has 0 aliphatic carbocycles. The van der Waals surface area contributed by atoms with E-state index in [1.807, 2.05) is 0 Å². The normalized spacial score (nSPS) is 24.5. The summed E-state index contributed by atoms with van der Waals surface area (Å²) in [6, 6.07) is 6.61. The van der Waals surface area contributed by atoms with Crippen LogP contribution in [0.3, 0.4) is 0 Å². The number of para-hydroxylation sites is 1. The van der Waals surface area contributed by atoms with Gasteiger partial charge in [0.1, 0.15) is 30.4 Å². The van der Waals surface area contributed by atoms with Gasteiger partial charge < -0.3 is 30.9 Å². The third-order valence-electron chi connectivity index (χ3n) is 4.58. The molecule has 0 spiro atoms. The molecule has 2 aromatic heterocycles. The number of aromatic nitrogens is 4. The summed E-state index contributed by atoms with van der Waals surface area (Å²) < 4.78 is 6.97. The van der Waals surface area contributed by atoms with Crippen LogP contribution in [0.5, 0.6) is 5.75 Å². The largest absolute Gasteiger partial charge is 0.507 e. The number of aromatic hydroxyl groups is 1. The van der Waals surface area contributed by atoms with Crippen molar-refractivity contribution in [2.24, 2.45) is 5.10 Å². The molecule has 1 aliphatic heterocycles. The summed E-state index contributed by atoms with van der Waals surface area (Å²) in [5, 5.41) is 43.8. The lowest BCUT2D eigenvalue weighted by Crippen LogP contribution is -2.33. The number of hydrogen-bond acceptors (Lipinski definition) is 11. The van der Waals surface area contributed by atoms with Gasteiger partial charge in [-0.25, -0.2) is 20.4 Å². The van der Waals surface area contributed by atoms with Gasteiger partial charge in [-0.05, 0) is 12.1 Å². The van der Waals surface area contributed by atoms with Gasteiger partial charge in [0.2, 0.25) is 5.95 Å². The minimum absolute atomic E-state index is 0.0464. The van der Waals surface area contributed by atoms with Crippen molar-refractivity contribution >= 4 is 29.1 Å². The predicted molar refractivity (Wildman–Crippen MR) is 102 cm³/mol. The molecule has 3 aromatic rings. The van der Waals surface area contributed by atoms with Crippen molar-refractivity contribution in [2.75, 3.05) is 17.8 Å². The third-order valence-corrected chi connectivity index (χ3v) is 4.58. The number of phenols is 1. The molecule has 152 valence electrons. The van der Waals surface area contributed by atoms with E-state index in [9.17, 15) is 20.4 Å². The van der Waals surface area contributed by atoms with Gasteiger partial charge >= 0.3 is 0 Å². The fourth-order valence-electron chi connectivity index (χ4n) is 3.10. The number of rotatable bonds is 5. The standard InChI is InChI=1S/C17H19N7O5/c18-14-11-15(20-7-19-14)24(16-13(28)12(27)10(6-25)29-16)17(22-11)23-21-5-8-3-1-2-4-9(8)26/h1-5,7,10,12-13,16,25-28H,6H2,(H,22,23)(H2,18,19,20)/t10-,12+,13-,16+/m0/s1. The minimum Gasteiger partial charge on any atom is -0.507 e. The van der Waals surface area contributed by atoms with E-state index in [2.05, 4.69) is 25.5 Å². The highest BCUT2D eigenvalue weighted by Crippen LogP contribution is 2.35. The van der Waals surface area contributed by atoms with E-state index < -0.39 is 31.1 Å². The van der Waals surface area contributed by atoms with Gasteiger partial charge in [0.25, 0.3) is 0 Å². The molecule has 0 bridgehead atoms. The number of nitrogens with two attached hydrogens (primary N) is 1. The van der Waals surface area contributed by atoms with Crippen molar-refractivity contribution in [3.63, 3.8) is 0 Å². The van der Waals surface area contributed by atoms with Crippen LogP contribution in [-0.2, 0) is 4.74 Å². The van der Waals surface area contributed by atoms with Gasteiger partial charge in [-0.3, -0.25) is 4.57 Å². The topological polar surface area (TPSA) is 184 Å². The average molecular weight is 401 g/mol. The van der Waals surface area contributed by atoms with Gasteiger partial charge in [0, 0.05) is 5.56 Å². The molecular weight excluding hydrogens is 382 g/mol. The predicted octanol–water partition coefficient (Wildman–Crippen LogP) is -0.828. The Morgan fingerprint density at radius 3 is 2.76 bits per heavy atom. The number of fused-ring (bicyclic) bond motifs is 1. The smallest absolute Gasteiger partial charge is 0.228 e. The molecule has 1 fully saturated rings. The highest BCUT2D eigenvalue weighted by molar-refractivity contribution is 5.85. The van der Waals surface area contributed by atoms with Crippen molar-refractivity contribution in [3.05, 3.63) is 36.2 Å². The number of ether oxygens (including phenoxy) is 1. The molecule has 7 N–H and O–H groups in total.